The van der Waals surface area contributed by atoms with E-state index in [0.717, 1.165) is 17.4 Å². The van der Waals surface area contributed by atoms with Crippen molar-refractivity contribution in [2.75, 3.05) is 27.3 Å². The summed E-state index contributed by atoms with van der Waals surface area (Å²) in [5.74, 6) is 0. The van der Waals surface area contributed by atoms with E-state index in [4.69, 9.17) is 0 Å². The highest BCUT2D eigenvalue weighted by atomic mass is 31.2. The molecule has 3 aromatic carbocycles. The Morgan fingerprint density at radius 3 is 1.74 bits per heavy atom. The molecule has 198 valence electrons. The monoisotopic (exact) mass is 526 g/mol. The number of aliphatic hydroxyl groups is 1. The SMILES string of the molecule is CNC1=C(C=CC(C)=CC[P+](c2ccccc2)(c2ccccc2)c2ccccc2)C(NC)(NC)CC(O)C1. The minimum absolute atomic E-state index is 0.404. The summed E-state index contributed by atoms with van der Waals surface area (Å²) in [5, 5.41) is 24.8. The third-order valence-electron chi connectivity index (χ3n) is 7.71. The van der Waals surface area contributed by atoms with Gasteiger partial charge in [0.15, 0.2) is 0 Å². The van der Waals surface area contributed by atoms with Gasteiger partial charge in [0.25, 0.3) is 0 Å². The molecule has 4 rings (SSSR count). The van der Waals surface area contributed by atoms with Crippen molar-refractivity contribution in [3.05, 3.63) is 126 Å². The van der Waals surface area contributed by atoms with E-state index in [2.05, 4.69) is 132 Å². The molecule has 4 N–H and O–H groups in total. The summed E-state index contributed by atoms with van der Waals surface area (Å²) >= 11 is 0. The Balaban J connectivity index is 1.77. The molecule has 0 heterocycles. The van der Waals surface area contributed by atoms with Gasteiger partial charge in [0.2, 0.25) is 0 Å². The molecule has 0 aromatic heterocycles. The van der Waals surface area contributed by atoms with Crippen molar-refractivity contribution in [3.8, 4) is 0 Å². The highest BCUT2D eigenvalue weighted by molar-refractivity contribution is 7.95. The molecular weight excluding hydrogens is 485 g/mol. The van der Waals surface area contributed by atoms with Gasteiger partial charge in [0.1, 0.15) is 23.2 Å². The van der Waals surface area contributed by atoms with Crippen LogP contribution in [0.4, 0.5) is 0 Å². The summed E-state index contributed by atoms with van der Waals surface area (Å²) in [7, 11) is 3.89. The largest absolute Gasteiger partial charge is 0.393 e. The first-order valence-corrected chi connectivity index (χ1v) is 15.3. The van der Waals surface area contributed by atoms with Crippen LogP contribution in [0.25, 0.3) is 0 Å². The summed E-state index contributed by atoms with van der Waals surface area (Å²) in [5.41, 5.74) is 2.92. The number of rotatable bonds is 10. The highest BCUT2D eigenvalue weighted by Crippen LogP contribution is 2.55. The molecule has 0 saturated carbocycles. The van der Waals surface area contributed by atoms with Gasteiger partial charge in [-0.05, 0) is 63.5 Å². The van der Waals surface area contributed by atoms with Gasteiger partial charge in [-0.2, -0.15) is 0 Å². The number of hydrogen-bond acceptors (Lipinski definition) is 4. The average molecular weight is 527 g/mol. The first kappa shape index (κ1) is 28.0. The van der Waals surface area contributed by atoms with Gasteiger partial charge in [-0.3, -0.25) is 10.6 Å². The van der Waals surface area contributed by atoms with Crippen LogP contribution in [-0.4, -0.2) is 44.2 Å². The van der Waals surface area contributed by atoms with Gasteiger partial charge in [-0.15, -0.1) is 0 Å². The maximum Gasteiger partial charge on any atom is 0.115 e. The normalized spacial score (nSPS) is 18.1. The van der Waals surface area contributed by atoms with Crippen molar-refractivity contribution in [1.29, 1.82) is 0 Å². The van der Waals surface area contributed by atoms with Crippen LogP contribution in [0, 0.1) is 0 Å². The zero-order chi connectivity index (χ0) is 27.0. The summed E-state index contributed by atoms with van der Waals surface area (Å²) in [6.45, 7) is 2.18. The molecule has 1 atom stereocenters. The fourth-order valence-corrected chi connectivity index (χ4v) is 9.72. The Kier molecular flexibility index (Phi) is 9.35. The number of allylic oxidation sites excluding steroid dienone is 3. The molecule has 0 aliphatic heterocycles. The van der Waals surface area contributed by atoms with E-state index in [1.54, 1.807) is 0 Å². The zero-order valence-electron chi connectivity index (χ0n) is 23.0. The first-order valence-electron chi connectivity index (χ1n) is 13.4. The lowest BCUT2D eigenvalue weighted by Crippen LogP contribution is -2.59. The Morgan fingerprint density at radius 1 is 0.842 bits per heavy atom. The van der Waals surface area contributed by atoms with Crippen LogP contribution in [0.3, 0.4) is 0 Å². The molecule has 1 aliphatic carbocycles. The third kappa shape index (κ3) is 5.70. The Labute approximate surface area is 228 Å². The maximum atomic E-state index is 10.5. The minimum atomic E-state index is -1.92. The van der Waals surface area contributed by atoms with Crippen LogP contribution in [0.15, 0.2) is 126 Å². The molecule has 38 heavy (non-hydrogen) atoms. The minimum Gasteiger partial charge on any atom is -0.393 e. The summed E-state index contributed by atoms with van der Waals surface area (Å²) in [6, 6.07) is 33.0. The van der Waals surface area contributed by atoms with Crippen molar-refractivity contribution < 1.29 is 5.11 Å². The molecule has 4 nitrogen and oxygen atoms in total. The molecule has 0 radical (unpaired) electrons. The Bertz CT molecular complexity index is 1170. The van der Waals surface area contributed by atoms with Crippen molar-refractivity contribution in [3.63, 3.8) is 0 Å². The van der Waals surface area contributed by atoms with E-state index in [-0.39, 0.29) is 0 Å². The summed E-state index contributed by atoms with van der Waals surface area (Å²) < 4.78 is 0. The second kappa shape index (κ2) is 12.7. The molecule has 0 saturated heterocycles. The Hall–Kier alpha value is -3.01. The lowest BCUT2D eigenvalue weighted by molar-refractivity contribution is 0.109. The molecular formula is C33H41N3OP+. The summed E-state index contributed by atoms with van der Waals surface area (Å²) in [6.07, 6.45) is 8.57. The van der Waals surface area contributed by atoms with E-state index in [9.17, 15) is 5.11 Å². The van der Waals surface area contributed by atoms with E-state index in [1.165, 1.54) is 21.5 Å². The zero-order valence-corrected chi connectivity index (χ0v) is 23.9. The summed E-state index contributed by atoms with van der Waals surface area (Å²) in [4.78, 5) is 0. The van der Waals surface area contributed by atoms with Crippen molar-refractivity contribution in [2.45, 2.75) is 31.5 Å². The van der Waals surface area contributed by atoms with Crippen LogP contribution in [0.2, 0.25) is 0 Å². The molecule has 0 amide bonds. The fourth-order valence-electron chi connectivity index (χ4n) is 5.59. The molecule has 0 bridgehead atoms. The van der Waals surface area contributed by atoms with Crippen molar-refractivity contribution in [1.82, 2.24) is 16.0 Å². The number of nitrogens with one attached hydrogen (secondary N) is 3. The van der Waals surface area contributed by atoms with Gasteiger partial charge < -0.3 is 10.4 Å². The van der Waals surface area contributed by atoms with Crippen molar-refractivity contribution >= 4 is 23.2 Å². The molecule has 3 aromatic rings. The number of benzene rings is 3. The van der Waals surface area contributed by atoms with E-state index >= 15 is 0 Å². The molecule has 0 fully saturated rings. The number of hydrogen-bond donors (Lipinski definition) is 4. The van der Waals surface area contributed by atoms with Gasteiger partial charge >= 0.3 is 0 Å². The number of aliphatic hydroxyl groups excluding tert-OH is 1. The van der Waals surface area contributed by atoms with Crippen LogP contribution >= 0.6 is 7.26 Å². The van der Waals surface area contributed by atoms with Gasteiger partial charge in [0.05, 0.1) is 17.9 Å². The van der Waals surface area contributed by atoms with Gasteiger partial charge in [-0.1, -0.05) is 72.3 Å². The average Bonchev–Trinajstić information content (AvgIpc) is 2.98. The quantitative estimate of drug-likeness (QED) is 0.181. The topological polar surface area (TPSA) is 56.3 Å². The lowest BCUT2D eigenvalue weighted by atomic mass is 9.83. The predicted molar refractivity (Wildman–Crippen MR) is 165 cm³/mol. The smallest absolute Gasteiger partial charge is 0.115 e. The maximum absolute atomic E-state index is 10.5. The van der Waals surface area contributed by atoms with Crippen LogP contribution in [0.1, 0.15) is 19.8 Å². The van der Waals surface area contributed by atoms with E-state index in [1.807, 2.05) is 21.1 Å². The molecule has 1 unspecified atom stereocenters. The van der Waals surface area contributed by atoms with E-state index in [0.29, 0.717) is 12.8 Å². The van der Waals surface area contributed by atoms with Crippen LogP contribution < -0.4 is 31.9 Å². The van der Waals surface area contributed by atoms with Crippen LogP contribution in [0.5, 0.6) is 0 Å². The second-order valence-electron chi connectivity index (χ2n) is 9.89. The predicted octanol–water partition coefficient (Wildman–Crippen LogP) is 4.25. The lowest BCUT2D eigenvalue weighted by Gasteiger charge is -2.41. The third-order valence-corrected chi connectivity index (χ3v) is 12.0. The van der Waals surface area contributed by atoms with Crippen molar-refractivity contribution in [2.24, 2.45) is 0 Å². The molecule has 0 spiro atoms. The highest BCUT2D eigenvalue weighted by Gasteiger charge is 2.44. The molecule has 1 aliphatic rings. The second-order valence-corrected chi connectivity index (χ2v) is 13.4. The van der Waals surface area contributed by atoms with E-state index < -0.39 is 19.0 Å². The Morgan fingerprint density at radius 2 is 1.32 bits per heavy atom. The van der Waals surface area contributed by atoms with Gasteiger partial charge in [-0.25, -0.2) is 0 Å². The number of likely N-dealkylation sites (N-methyl/N-ethyl adjacent to an activating group) is 2. The fraction of sp³-hybridized carbons (Fsp3) is 0.273. The van der Waals surface area contributed by atoms with Gasteiger partial charge in [0, 0.05) is 31.2 Å². The molecule has 5 heteroatoms. The van der Waals surface area contributed by atoms with Crippen LogP contribution in [-0.2, 0) is 0 Å². The standard InChI is InChI=1S/C33H41N3OP/c1-26(20-21-31-32(34-2)24-27(37)25-33(31,35-3)36-4)22-23-38(28-14-8-5-9-15-28,29-16-10-6-11-17-29)30-18-12-7-13-19-30/h5-22,27,34-37H,23-25H2,1-4H3/q+1. The first-order chi connectivity index (χ1) is 18.5.